The average molecular weight is 193 g/mol. The number of allylic oxidation sites excluding steroid dienone is 2. The molecule has 3 unspecified atom stereocenters. The van der Waals surface area contributed by atoms with E-state index in [0.29, 0.717) is 0 Å². The molecule has 0 saturated heterocycles. The van der Waals surface area contributed by atoms with E-state index in [1.807, 2.05) is 0 Å². The maximum atomic E-state index is 3.61. The molecule has 1 N–H and O–H groups in total. The summed E-state index contributed by atoms with van der Waals surface area (Å²) in [5.74, 6) is 3.61. The van der Waals surface area contributed by atoms with Crippen LogP contribution in [0.3, 0.4) is 0 Å². The Balaban J connectivity index is 1.61. The second-order valence-corrected chi connectivity index (χ2v) is 5.43. The largest absolute Gasteiger partial charge is 0.316 e. The second kappa shape index (κ2) is 4.48. The first-order chi connectivity index (χ1) is 6.75. The second-order valence-electron chi connectivity index (χ2n) is 5.43. The Morgan fingerprint density at radius 1 is 1.29 bits per heavy atom. The van der Waals surface area contributed by atoms with Crippen molar-refractivity contribution < 1.29 is 0 Å². The first-order valence-electron chi connectivity index (χ1n) is 6.14. The van der Waals surface area contributed by atoms with Gasteiger partial charge >= 0.3 is 0 Å². The van der Waals surface area contributed by atoms with Crippen molar-refractivity contribution in [1.82, 2.24) is 5.32 Å². The van der Waals surface area contributed by atoms with Crippen molar-refractivity contribution in [3.8, 4) is 0 Å². The van der Waals surface area contributed by atoms with E-state index in [9.17, 15) is 0 Å². The van der Waals surface area contributed by atoms with Crippen molar-refractivity contribution in [2.45, 2.75) is 33.1 Å². The summed E-state index contributed by atoms with van der Waals surface area (Å²) in [6, 6.07) is 0. The Bertz CT molecular complexity index is 207. The van der Waals surface area contributed by atoms with Gasteiger partial charge in [0.05, 0.1) is 0 Å². The van der Waals surface area contributed by atoms with E-state index >= 15 is 0 Å². The first kappa shape index (κ1) is 10.2. The lowest BCUT2D eigenvalue weighted by molar-refractivity contribution is 0.405. The maximum absolute atomic E-state index is 3.61. The standard InChI is InChI=1S/C13H23N/c1-10(2)5-6-14-9-13-8-11-3-4-12(13)7-11/h3-4,10-14H,5-9H2,1-2H3. The quantitative estimate of drug-likeness (QED) is 0.523. The number of hydrogen-bond acceptors (Lipinski definition) is 1. The van der Waals surface area contributed by atoms with Crippen LogP contribution in [0.25, 0.3) is 0 Å². The zero-order valence-corrected chi connectivity index (χ0v) is 9.50. The maximum Gasteiger partial charge on any atom is -0.00147 e. The lowest BCUT2D eigenvalue weighted by Gasteiger charge is -2.18. The van der Waals surface area contributed by atoms with Gasteiger partial charge in [-0.1, -0.05) is 26.0 Å². The Morgan fingerprint density at radius 2 is 2.14 bits per heavy atom. The number of nitrogens with one attached hydrogen (secondary N) is 1. The molecule has 0 aromatic rings. The van der Waals surface area contributed by atoms with Crippen LogP contribution in [-0.2, 0) is 0 Å². The van der Waals surface area contributed by atoms with Gasteiger partial charge in [-0.2, -0.15) is 0 Å². The van der Waals surface area contributed by atoms with Crippen molar-refractivity contribution in [3.63, 3.8) is 0 Å². The van der Waals surface area contributed by atoms with E-state index in [0.717, 1.165) is 23.7 Å². The molecule has 0 aromatic carbocycles. The molecular weight excluding hydrogens is 170 g/mol. The van der Waals surface area contributed by atoms with Gasteiger partial charge in [-0.3, -0.25) is 0 Å². The third-order valence-electron chi connectivity index (χ3n) is 3.72. The predicted molar refractivity (Wildman–Crippen MR) is 61.2 cm³/mol. The van der Waals surface area contributed by atoms with E-state index in [1.165, 1.54) is 32.4 Å². The Morgan fingerprint density at radius 3 is 2.71 bits per heavy atom. The summed E-state index contributed by atoms with van der Waals surface area (Å²) in [4.78, 5) is 0. The lowest BCUT2D eigenvalue weighted by atomic mass is 9.93. The molecule has 2 bridgehead atoms. The molecule has 0 heterocycles. The molecule has 2 rings (SSSR count). The van der Waals surface area contributed by atoms with Crippen LogP contribution < -0.4 is 5.32 Å². The molecule has 1 fully saturated rings. The van der Waals surface area contributed by atoms with Crippen LogP contribution in [0, 0.1) is 23.7 Å². The molecule has 0 aromatic heterocycles. The summed E-state index contributed by atoms with van der Waals surface area (Å²) in [7, 11) is 0. The molecule has 0 radical (unpaired) electrons. The average Bonchev–Trinajstić information content (AvgIpc) is 2.73. The van der Waals surface area contributed by atoms with E-state index in [4.69, 9.17) is 0 Å². The number of rotatable bonds is 5. The summed E-state index contributed by atoms with van der Waals surface area (Å²) in [5.41, 5.74) is 0. The molecule has 80 valence electrons. The van der Waals surface area contributed by atoms with Crippen molar-refractivity contribution >= 4 is 0 Å². The minimum absolute atomic E-state index is 0.836. The van der Waals surface area contributed by atoms with Crippen LogP contribution >= 0.6 is 0 Å². The van der Waals surface area contributed by atoms with E-state index in [2.05, 4.69) is 31.3 Å². The van der Waals surface area contributed by atoms with Crippen molar-refractivity contribution in [2.24, 2.45) is 23.7 Å². The highest BCUT2D eigenvalue weighted by molar-refractivity contribution is 5.10. The fourth-order valence-electron chi connectivity index (χ4n) is 2.81. The zero-order valence-electron chi connectivity index (χ0n) is 9.50. The fourth-order valence-corrected chi connectivity index (χ4v) is 2.81. The molecule has 1 saturated carbocycles. The van der Waals surface area contributed by atoms with Crippen LogP contribution in [0.5, 0.6) is 0 Å². The minimum atomic E-state index is 0.836. The molecule has 1 heteroatoms. The summed E-state index contributed by atoms with van der Waals surface area (Å²) in [6.45, 7) is 7.04. The topological polar surface area (TPSA) is 12.0 Å². The summed E-state index contributed by atoms with van der Waals surface area (Å²) < 4.78 is 0. The van der Waals surface area contributed by atoms with Crippen LogP contribution in [0.4, 0.5) is 0 Å². The van der Waals surface area contributed by atoms with E-state index in [-0.39, 0.29) is 0 Å². The summed E-state index contributed by atoms with van der Waals surface area (Å²) in [6.07, 6.45) is 9.07. The zero-order chi connectivity index (χ0) is 9.97. The van der Waals surface area contributed by atoms with Gasteiger partial charge in [0.25, 0.3) is 0 Å². The minimum Gasteiger partial charge on any atom is -0.316 e. The van der Waals surface area contributed by atoms with Crippen molar-refractivity contribution in [1.29, 1.82) is 0 Å². The third-order valence-corrected chi connectivity index (χ3v) is 3.72. The Kier molecular flexibility index (Phi) is 3.27. The van der Waals surface area contributed by atoms with Gasteiger partial charge in [0.1, 0.15) is 0 Å². The molecule has 0 amide bonds. The highest BCUT2D eigenvalue weighted by Gasteiger charge is 2.34. The van der Waals surface area contributed by atoms with Gasteiger partial charge in [-0.05, 0) is 56.0 Å². The van der Waals surface area contributed by atoms with Gasteiger partial charge in [-0.25, -0.2) is 0 Å². The van der Waals surface area contributed by atoms with Crippen molar-refractivity contribution in [2.75, 3.05) is 13.1 Å². The monoisotopic (exact) mass is 193 g/mol. The molecule has 2 aliphatic rings. The highest BCUT2D eigenvalue weighted by atomic mass is 14.9. The molecular formula is C13H23N. The van der Waals surface area contributed by atoms with E-state index < -0.39 is 0 Å². The van der Waals surface area contributed by atoms with Crippen LogP contribution in [0.2, 0.25) is 0 Å². The van der Waals surface area contributed by atoms with Gasteiger partial charge in [0.15, 0.2) is 0 Å². The molecule has 14 heavy (non-hydrogen) atoms. The molecule has 0 aliphatic heterocycles. The SMILES string of the molecule is CC(C)CCNCC1CC2C=CC1C2. The Hall–Kier alpha value is -0.300. The van der Waals surface area contributed by atoms with Crippen LogP contribution in [0.1, 0.15) is 33.1 Å². The number of fused-ring (bicyclic) bond motifs is 2. The summed E-state index contributed by atoms with van der Waals surface area (Å²) >= 11 is 0. The van der Waals surface area contributed by atoms with Gasteiger partial charge in [0.2, 0.25) is 0 Å². The van der Waals surface area contributed by atoms with Crippen LogP contribution in [0.15, 0.2) is 12.2 Å². The molecule has 3 atom stereocenters. The normalized spacial score (nSPS) is 34.6. The molecule has 0 spiro atoms. The van der Waals surface area contributed by atoms with E-state index in [1.54, 1.807) is 0 Å². The van der Waals surface area contributed by atoms with Gasteiger partial charge in [0, 0.05) is 0 Å². The van der Waals surface area contributed by atoms with Crippen LogP contribution in [-0.4, -0.2) is 13.1 Å². The lowest BCUT2D eigenvalue weighted by Crippen LogP contribution is -2.26. The third kappa shape index (κ3) is 2.38. The smallest absolute Gasteiger partial charge is 0.00147 e. The molecule has 1 nitrogen and oxygen atoms in total. The van der Waals surface area contributed by atoms with Crippen molar-refractivity contribution in [3.05, 3.63) is 12.2 Å². The van der Waals surface area contributed by atoms with Gasteiger partial charge in [-0.15, -0.1) is 0 Å². The van der Waals surface area contributed by atoms with Gasteiger partial charge < -0.3 is 5.32 Å². The Labute approximate surface area is 88.0 Å². The summed E-state index contributed by atoms with van der Waals surface area (Å²) in [5, 5.41) is 3.61. The molecule has 2 aliphatic carbocycles. The highest BCUT2D eigenvalue weighted by Crippen LogP contribution is 2.42. The fraction of sp³-hybridized carbons (Fsp3) is 0.846. The first-order valence-corrected chi connectivity index (χ1v) is 6.14. The predicted octanol–water partition coefficient (Wildman–Crippen LogP) is 2.83. The number of hydrogen-bond donors (Lipinski definition) is 1.